The molecule has 2 heterocycles. The first-order valence-electron chi connectivity index (χ1n) is 8.96. The number of hydrogen-bond acceptors (Lipinski definition) is 5. The van der Waals surface area contributed by atoms with E-state index in [0.29, 0.717) is 18.8 Å². The van der Waals surface area contributed by atoms with Crippen molar-refractivity contribution in [2.24, 2.45) is 0 Å². The summed E-state index contributed by atoms with van der Waals surface area (Å²) >= 11 is 0. The number of nitro benzene ring substituents is 1. The average molecular weight is 367 g/mol. The van der Waals surface area contributed by atoms with Crippen LogP contribution in [0.25, 0.3) is 0 Å². The van der Waals surface area contributed by atoms with Crippen LogP contribution >= 0.6 is 0 Å². The molecule has 0 spiro atoms. The minimum absolute atomic E-state index is 0.0227. The maximum atomic E-state index is 12.8. The third kappa shape index (κ3) is 3.64. The fourth-order valence-electron chi connectivity index (χ4n) is 3.76. The van der Waals surface area contributed by atoms with Gasteiger partial charge in [0, 0.05) is 31.7 Å². The van der Waals surface area contributed by atoms with Crippen LogP contribution in [0.2, 0.25) is 0 Å². The predicted octanol–water partition coefficient (Wildman–Crippen LogP) is 3.15. The fraction of sp³-hybridized carbons (Fsp3) is 0.647. The van der Waals surface area contributed by atoms with Crippen LogP contribution in [0, 0.1) is 10.1 Å². The summed E-state index contributed by atoms with van der Waals surface area (Å²) in [6.07, 6.45) is 5.81. The molecule has 7 nitrogen and oxygen atoms in total. The van der Waals surface area contributed by atoms with Crippen molar-refractivity contribution in [3.05, 3.63) is 28.3 Å². The first kappa shape index (κ1) is 18.1. The molecule has 1 aromatic carbocycles. The van der Waals surface area contributed by atoms with E-state index in [2.05, 4.69) is 6.92 Å². The molecule has 138 valence electrons. The van der Waals surface area contributed by atoms with E-state index in [-0.39, 0.29) is 16.6 Å². The Morgan fingerprint density at radius 3 is 2.40 bits per heavy atom. The van der Waals surface area contributed by atoms with E-state index < -0.39 is 14.9 Å². The van der Waals surface area contributed by atoms with Gasteiger partial charge in [-0.1, -0.05) is 6.42 Å². The van der Waals surface area contributed by atoms with Gasteiger partial charge in [-0.2, -0.15) is 4.31 Å². The quantitative estimate of drug-likeness (QED) is 0.603. The van der Waals surface area contributed by atoms with E-state index in [1.807, 2.05) is 4.90 Å². The first-order chi connectivity index (χ1) is 11.9. The van der Waals surface area contributed by atoms with E-state index in [4.69, 9.17) is 0 Å². The zero-order valence-electron chi connectivity index (χ0n) is 14.6. The highest BCUT2D eigenvalue weighted by Gasteiger charge is 2.31. The molecule has 0 N–H and O–H groups in total. The summed E-state index contributed by atoms with van der Waals surface area (Å²) in [5.74, 6) is 0. The molecule has 1 aromatic rings. The van der Waals surface area contributed by atoms with E-state index >= 15 is 0 Å². The highest BCUT2D eigenvalue weighted by atomic mass is 32.2. The van der Waals surface area contributed by atoms with Crippen LogP contribution in [0.3, 0.4) is 0 Å². The van der Waals surface area contributed by atoms with Crippen LogP contribution in [-0.4, -0.2) is 43.3 Å². The van der Waals surface area contributed by atoms with Gasteiger partial charge in [0.05, 0.1) is 9.82 Å². The second kappa shape index (κ2) is 7.29. The van der Waals surface area contributed by atoms with Crippen molar-refractivity contribution in [2.75, 3.05) is 24.5 Å². The van der Waals surface area contributed by atoms with Gasteiger partial charge < -0.3 is 4.90 Å². The summed E-state index contributed by atoms with van der Waals surface area (Å²) in [7, 11) is -3.67. The highest BCUT2D eigenvalue weighted by Crippen LogP contribution is 2.35. The molecule has 8 heteroatoms. The number of nitrogens with zero attached hydrogens (tertiary/aromatic N) is 3. The van der Waals surface area contributed by atoms with Gasteiger partial charge in [0.1, 0.15) is 5.69 Å². The van der Waals surface area contributed by atoms with E-state index in [0.717, 1.165) is 45.1 Å². The van der Waals surface area contributed by atoms with Gasteiger partial charge in [-0.3, -0.25) is 10.1 Å². The number of piperidine rings is 2. The summed E-state index contributed by atoms with van der Waals surface area (Å²) < 4.78 is 27.1. The van der Waals surface area contributed by atoms with E-state index in [9.17, 15) is 18.5 Å². The van der Waals surface area contributed by atoms with Crippen LogP contribution < -0.4 is 4.90 Å². The van der Waals surface area contributed by atoms with Crippen molar-refractivity contribution >= 4 is 21.4 Å². The molecule has 25 heavy (non-hydrogen) atoms. The normalized spacial score (nSPS) is 22.8. The van der Waals surface area contributed by atoms with E-state index in [1.165, 1.54) is 16.4 Å². The lowest BCUT2D eigenvalue weighted by Gasteiger charge is -2.35. The SMILES string of the molecule is C[C@H]1CCCCN1c1ccc(S(=O)(=O)N2CCCCC2)cc1[N+](=O)[O-]. The summed E-state index contributed by atoms with van der Waals surface area (Å²) in [5.41, 5.74) is 0.404. The molecule has 0 saturated carbocycles. The standard InChI is InChI=1S/C17H25N3O4S/c1-14-7-3-6-12-19(14)16-9-8-15(13-17(16)20(21)22)25(23,24)18-10-4-2-5-11-18/h8-9,13-14H,2-7,10-12H2,1H3/t14-/m0/s1. The van der Waals surface area contributed by atoms with Crippen molar-refractivity contribution in [3.8, 4) is 0 Å². The van der Waals surface area contributed by atoms with Crippen molar-refractivity contribution in [1.29, 1.82) is 0 Å². The Balaban J connectivity index is 1.97. The van der Waals surface area contributed by atoms with Crippen molar-refractivity contribution in [2.45, 2.75) is 56.4 Å². The molecule has 2 aliphatic rings. The Bertz CT molecular complexity index is 744. The molecule has 0 amide bonds. The second-order valence-corrected chi connectivity index (χ2v) is 8.85. The lowest BCUT2D eigenvalue weighted by Crippen LogP contribution is -2.38. The Morgan fingerprint density at radius 2 is 1.76 bits per heavy atom. The third-order valence-electron chi connectivity index (χ3n) is 5.21. The second-order valence-electron chi connectivity index (χ2n) is 6.91. The van der Waals surface area contributed by atoms with Crippen molar-refractivity contribution in [1.82, 2.24) is 4.31 Å². The first-order valence-corrected chi connectivity index (χ1v) is 10.4. The molecule has 0 bridgehead atoms. The molecule has 0 aromatic heterocycles. The van der Waals surface area contributed by atoms with Gasteiger partial charge in [0.15, 0.2) is 0 Å². The lowest BCUT2D eigenvalue weighted by atomic mass is 10.0. The molecule has 0 aliphatic carbocycles. The number of hydrogen-bond donors (Lipinski definition) is 0. The van der Waals surface area contributed by atoms with Gasteiger partial charge in [0.25, 0.3) is 5.69 Å². The molecule has 0 unspecified atom stereocenters. The minimum Gasteiger partial charge on any atom is -0.363 e. The molecule has 0 radical (unpaired) electrons. The smallest absolute Gasteiger partial charge is 0.293 e. The van der Waals surface area contributed by atoms with Crippen molar-refractivity contribution in [3.63, 3.8) is 0 Å². The molecule has 2 fully saturated rings. The lowest BCUT2D eigenvalue weighted by molar-refractivity contribution is -0.384. The van der Waals surface area contributed by atoms with Gasteiger partial charge in [-0.25, -0.2) is 8.42 Å². The van der Waals surface area contributed by atoms with Crippen LogP contribution in [0.15, 0.2) is 23.1 Å². The molecule has 2 aliphatic heterocycles. The molecular weight excluding hydrogens is 342 g/mol. The highest BCUT2D eigenvalue weighted by molar-refractivity contribution is 7.89. The maximum absolute atomic E-state index is 12.8. The largest absolute Gasteiger partial charge is 0.363 e. The number of benzene rings is 1. The van der Waals surface area contributed by atoms with Crippen molar-refractivity contribution < 1.29 is 13.3 Å². The fourth-order valence-corrected chi connectivity index (χ4v) is 5.30. The van der Waals surface area contributed by atoms with Crippen LogP contribution in [0.4, 0.5) is 11.4 Å². The van der Waals surface area contributed by atoms with Gasteiger partial charge in [0.2, 0.25) is 10.0 Å². The predicted molar refractivity (Wildman–Crippen MR) is 96.4 cm³/mol. The summed E-state index contributed by atoms with van der Waals surface area (Å²) in [6.45, 7) is 3.80. The number of anilines is 1. The van der Waals surface area contributed by atoms with Crippen LogP contribution in [0.5, 0.6) is 0 Å². The molecule has 2 saturated heterocycles. The monoisotopic (exact) mass is 367 g/mol. The van der Waals surface area contributed by atoms with E-state index in [1.54, 1.807) is 6.07 Å². The van der Waals surface area contributed by atoms with Crippen LogP contribution in [-0.2, 0) is 10.0 Å². The Hall–Kier alpha value is -1.67. The number of nitro groups is 1. The summed E-state index contributed by atoms with van der Waals surface area (Å²) in [4.78, 5) is 13.2. The summed E-state index contributed by atoms with van der Waals surface area (Å²) in [5, 5.41) is 11.6. The average Bonchev–Trinajstić information content (AvgIpc) is 2.62. The topological polar surface area (TPSA) is 83.8 Å². The minimum atomic E-state index is -3.67. The Morgan fingerprint density at radius 1 is 1.08 bits per heavy atom. The zero-order chi connectivity index (χ0) is 18.0. The van der Waals surface area contributed by atoms with Gasteiger partial charge in [-0.15, -0.1) is 0 Å². The third-order valence-corrected chi connectivity index (χ3v) is 7.10. The number of rotatable bonds is 4. The Labute approximate surface area is 148 Å². The molecule has 1 atom stereocenters. The van der Waals surface area contributed by atoms with Gasteiger partial charge >= 0.3 is 0 Å². The van der Waals surface area contributed by atoms with Crippen LogP contribution in [0.1, 0.15) is 45.4 Å². The van der Waals surface area contributed by atoms with Gasteiger partial charge in [-0.05, 0) is 51.2 Å². The molecule has 3 rings (SSSR count). The summed E-state index contributed by atoms with van der Waals surface area (Å²) in [6, 6.07) is 4.59. The molecular formula is C17H25N3O4S. The zero-order valence-corrected chi connectivity index (χ0v) is 15.4. The number of sulfonamides is 1. The Kier molecular flexibility index (Phi) is 5.29. The maximum Gasteiger partial charge on any atom is 0.293 e.